The highest BCUT2D eigenvalue weighted by Gasteiger charge is 2.27. The highest BCUT2D eigenvalue weighted by molar-refractivity contribution is 5.95. The van der Waals surface area contributed by atoms with E-state index in [2.05, 4.69) is 10.3 Å². The van der Waals surface area contributed by atoms with E-state index in [4.69, 9.17) is 4.74 Å². The Morgan fingerprint density at radius 3 is 3.00 bits per heavy atom. The monoisotopic (exact) mass is 259 g/mol. The number of pyridine rings is 1. The van der Waals surface area contributed by atoms with Crippen molar-refractivity contribution in [1.82, 2.24) is 14.7 Å². The average Bonchev–Trinajstić information content (AvgIpc) is 3.14. The van der Waals surface area contributed by atoms with Crippen molar-refractivity contribution in [1.29, 1.82) is 0 Å². The molecule has 19 heavy (non-hydrogen) atoms. The number of nitrogens with one attached hydrogen (secondary N) is 1. The molecule has 1 aliphatic rings. The van der Waals surface area contributed by atoms with Gasteiger partial charge in [-0.25, -0.2) is 4.98 Å². The third-order valence-electron chi connectivity index (χ3n) is 3.37. The molecule has 0 spiro atoms. The maximum absolute atomic E-state index is 12.3. The number of hydrogen-bond acceptors (Lipinski definition) is 3. The molecular formula is C14H17N3O2. The summed E-state index contributed by atoms with van der Waals surface area (Å²) in [5, 5.41) is 3.02. The minimum atomic E-state index is -0.0416. The molecule has 1 aliphatic carbocycles. The van der Waals surface area contributed by atoms with Gasteiger partial charge in [-0.05, 0) is 31.4 Å². The van der Waals surface area contributed by atoms with Crippen molar-refractivity contribution in [3.63, 3.8) is 0 Å². The van der Waals surface area contributed by atoms with E-state index in [0.29, 0.717) is 23.1 Å². The van der Waals surface area contributed by atoms with Gasteiger partial charge in [-0.3, -0.25) is 9.20 Å². The Labute approximate surface area is 111 Å². The van der Waals surface area contributed by atoms with E-state index < -0.39 is 0 Å². The van der Waals surface area contributed by atoms with Gasteiger partial charge in [-0.15, -0.1) is 0 Å². The first-order chi connectivity index (χ1) is 9.24. The number of amides is 1. The number of aromatic nitrogens is 2. The van der Waals surface area contributed by atoms with Crippen LogP contribution in [0.5, 0.6) is 5.75 Å². The molecule has 1 amide bonds. The van der Waals surface area contributed by atoms with E-state index in [1.165, 1.54) is 0 Å². The minimum Gasteiger partial charge on any atom is -0.493 e. The highest BCUT2D eigenvalue weighted by atomic mass is 16.5. The lowest BCUT2D eigenvalue weighted by molar-refractivity contribution is 0.0944. The molecule has 2 aromatic rings. The number of imidazole rings is 1. The molecule has 0 unspecified atom stereocenters. The van der Waals surface area contributed by atoms with E-state index >= 15 is 0 Å². The first kappa shape index (κ1) is 12.0. The number of carbonyl (C=O) groups excluding carboxylic acids is 1. The number of carbonyl (C=O) groups is 1. The normalized spacial score (nSPS) is 14.6. The second-order valence-corrected chi connectivity index (χ2v) is 4.78. The maximum Gasteiger partial charge on any atom is 0.270 e. The lowest BCUT2D eigenvalue weighted by Gasteiger charge is -2.06. The molecule has 2 aromatic heterocycles. The van der Waals surface area contributed by atoms with Gasteiger partial charge in [0.1, 0.15) is 5.69 Å². The molecular weight excluding hydrogens is 242 g/mol. The molecule has 0 radical (unpaired) electrons. The molecule has 1 fully saturated rings. The summed E-state index contributed by atoms with van der Waals surface area (Å²) in [4.78, 5) is 16.9. The van der Waals surface area contributed by atoms with Crippen LogP contribution < -0.4 is 10.1 Å². The molecule has 0 aromatic carbocycles. The Morgan fingerprint density at radius 2 is 2.37 bits per heavy atom. The fourth-order valence-electron chi connectivity index (χ4n) is 2.22. The number of fused-ring (bicyclic) bond motifs is 1. The van der Waals surface area contributed by atoms with Gasteiger partial charge in [-0.2, -0.15) is 0 Å². The van der Waals surface area contributed by atoms with Gasteiger partial charge in [0.25, 0.3) is 5.91 Å². The van der Waals surface area contributed by atoms with Gasteiger partial charge in [0, 0.05) is 12.2 Å². The molecule has 5 heteroatoms. The van der Waals surface area contributed by atoms with Crippen LogP contribution >= 0.6 is 0 Å². The molecule has 5 nitrogen and oxygen atoms in total. The van der Waals surface area contributed by atoms with Gasteiger partial charge < -0.3 is 10.1 Å². The van der Waals surface area contributed by atoms with Crippen LogP contribution in [-0.4, -0.2) is 28.4 Å². The van der Waals surface area contributed by atoms with Gasteiger partial charge >= 0.3 is 0 Å². The number of rotatable bonds is 4. The largest absolute Gasteiger partial charge is 0.493 e. The molecule has 2 heterocycles. The number of hydrogen-bond donors (Lipinski definition) is 1. The van der Waals surface area contributed by atoms with Crippen LogP contribution in [0.25, 0.3) is 5.65 Å². The molecule has 0 atom stereocenters. The Hall–Kier alpha value is -2.04. The van der Waals surface area contributed by atoms with E-state index in [-0.39, 0.29) is 5.91 Å². The summed E-state index contributed by atoms with van der Waals surface area (Å²) in [6, 6.07) is 4.05. The van der Waals surface area contributed by atoms with Crippen molar-refractivity contribution in [2.75, 3.05) is 7.11 Å². The van der Waals surface area contributed by atoms with Crippen LogP contribution in [0.15, 0.2) is 18.3 Å². The summed E-state index contributed by atoms with van der Waals surface area (Å²) in [5.74, 6) is 0.641. The second kappa shape index (κ2) is 4.57. The Kier molecular flexibility index (Phi) is 2.89. The van der Waals surface area contributed by atoms with Gasteiger partial charge in [0.05, 0.1) is 12.8 Å². The fraction of sp³-hybridized carbons (Fsp3) is 0.429. The van der Waals surface area contributed by atoms with Crippen LogP contribution in [0.1, 0.15) is 35.9 Å². The minimum absolute atomic E-state index is 0.0416. The first-order valence-electron chi connectivity index (χ1n) is 6.59. The molecule has 0 aliphatic heterocycles. The van der Waals surface area contributed by atoms with Gasteiger partial charge in [-0.1, -0.05) is 6.92 Å². The highest BCUT2D eigenvalue weighted by Crippen LogP contribution is 2.24. The topological polar surface area (TPSA) is 55.6 Å². The van der Waals surface area contributed by atoms with Crippen LogP contribution in [-0.2, 0) is 6.42 Å². The summed E-state index contributed by atoms with van der Waals surface area (Å²) in [7, 11) is 1.61. The van der Waals surface area contributed by atoms with Crippen molar-refractivity contribution >= 4 is 11.6 Å². The Balaban J connectivity index is 2.12. The van der Waals surface area contributed by atoms with Crippen LogP contribution in [0, 0.1) is 0 Å². The molecule has 3 rings (SSSR count). The van der Waals surface area contributed by atoms with Gasteiger partial charge in [0.2, 0.25) is 0 Å². The zero-order valence-electron chi connectivity index (χ0n) is 11.1. The molecule has 1 saturated carbocycles. The SMILES string of the molecule is CCc1nc2c(OC)cccn2c1C(=O)NC1CC1. The Bertz CT molecular complexity index is 629. The van der Waals surface area contributed by atoms with E-state index in [1.807, 2.05) is 29.7 Å². The first-order valence-corrected chi connectivity index (χ1v) is 6.59. The standard InChI is InChI=1S/C14H17N3O2/c1-3-10-12(14(18)15-9-6-7-9)17-8-4-5-11(19-2)13(17)16-10/h4-5,8-9H,3,6-7H2,1-2H3,(H,15,18). The predicted octanol–water partition coefficient (Wildman–Crippen LogP) is 1.80. The fourth-order valence-corrected chi connectivity index (χ4v) is 2.22. The van der Waals surface area contributed by atoms with E-state index in [1.54, 1.807) is 7.11 Å². The quantitative estimate of drug-likeness (QED) is 0.910. The average molecular weight is 259 g/mol. The number of aryl methyl sites for hydroxylation is 1. The summed E-state index contributed by atoms with van der Waals surface area (Å²) in [5.41, 5.74) is 2.13. The lowest BCUT2D eigenvalue weighted by atomic mass is 10.2. The lowest BCUT2D eigenvalue weighted by Crippen LogP contribution is -2.27. The number of methoxy groups -OCH3 is 1. The zero-order valence-corrected chi connectivity index (χ0v) is 11.1. The zero-order chi connectivity index (χ0) is 13.4. The number of nitrogens with zero attached hydrogens (tertiary/aromatic N) is 2. The number of ether oxygens (including phenoxy) is 1. The molecule has 1 N–H and O–H groups in total. The van der Waals surface area contributed by atoms with Crippen molar-refractivity contribution in [3.8, 4) is 5.75 Å². The summed E-state index contributed by atoms with van der Waals surface area (Å²) in [6.07, 6.45) is 4.73. The smallest absolute Gasteiger partial charge is 0.270 e. The summed E-state index contributed by atoms with van der Waals surface area (Å²) in [6.45, 7) is 2.00. The van der Waals surface area contributed by atoms with Crippen molar-refractivity contribution in [2.24, 2.45) is 0 Å². The predicted molar refractivity (Wildman–Crippen MR) is 71.6 cm³/mol. The van der Waals surface area contributed by atoms with Crippen molar-refractivity contribution in [2.45, 2.75) is 32.2 Å². The van der Waals surface area contributed by atoms with Crippen LogP contribution in [0.2, 0.25) is 0 Å². The second-order valence-electron chi connectivity index (χ2n) is 4.78. The van der Waals surface area contributed by atoms with Crippen molar-refractivity contribution in [3.05, 3.63) is 29.7 Å². The van der Waals surface area contributed by atoms with E-state index in [9.17, 15) is 4.79 Å². The summed E-state index contributed by atoms with van der Waals surface area (Å²) < 4.78 is 7.11. The maximum atomic E-state index is 12.3. The van der Waals surface area contributed by atoms with Gasteiger partial charge in [0.15, 0.2) is 11.4 Å². The third kappa shape index (κ3) is 2.05. The summed E-state index contributed by atoms with van der Waals surface area (Å²) >= 11 is 0. The molecule has 0 bridgehead atoms. The molecule has 0 saturated heterocycles. The van der Waals surface area contributed by atoms with Crippen molar-refractivity contribution < 1.29 is 9.53 Å². The van der Waals surface area contributed by atoms with E-state index in [0.717, 1.165) is 25.0 Å². The molecule has 100 valence electrons. The third-order valence-corrected chi connectivity index (χ3v) is 3.37. The Morgan fingerprint density at radius 1 is 1.58 bits per heavy atom. The van der Waals surface area contributed by atoms with Crippen LogP contribution in [0.3, 0.4) is 0 Å². The van der Waals surface area contributed by atoms with Crippen LogP contribution in [0.4, 0.5) is 0 Å².